The molecule has 1 saturated heterocycles. The maximum absolute atomic E-state index is 13.9. The highest BCUT2D eigenvalue weighted by Crippen LogP contribution is 2.41. The van der Waals surface area contributed by atoms with Crippen LogP contribution in [0.25, 0.3) is 10.9 Å². The second kappa shape index (κ2) is 9.51. The number of carbonyl (C=O) groups excluding carboxylic acids is 1. The fourth-order valence-electron chi connectivity index (χ4n) is 4.44. The van der Waals surface area contributed by atoms with Gasteiger partial charge in [-0.3, -0.25) is 14.8 Å². The van der Waals surface area contributed by atoms with Gasteiger partial charge < -0.3 is 10.2 Å². The number of halogens is 2. The van der Waals surface area contributed by atoms with Gasteiger partial charge in [0.15, 0.2) is 0 Å². The third kappa shape index (κ3) is 4.54. The van der Waals surface area contributed by atoms with Crippen LogP contribution in [0.1, 0.15) is 57.5 Å². The number of carbonyl (C=O) groups is 1. The molecule has 1 aliphatic carbocycles. The van der Waals surface area contributed by atoms with Crippen molar-refractivity contribution < 1.29 is 4.79 Å². The summed E-state index contributed by atoms with van der Waals surface area (Å²) in [6, 6.07) is 10.3. The minimum Gasteiger partial charge on any atom is -0.329 e. The van der Waals surface area contributed by atoms with E-state index >= 15 is 0 Å². The summed E-state index contributed by atoms with van der Waals surface area (Å²) in [4.78, 5) is 25.1. The average Bonchev–Trinajstić information content (AvgIpc) is 3.59. The van der Waals surface area contributed by atoms with E-state index in [1.807, 2.05) is 17.2 Å². The largest absolute Gasteiger partial charge is 0.329 e. The normalized spacial score (nSPS) is 18.3. The first-order valence-corrected chi connectivity index (χ1v) is 10.5. The predicted octanol–water partition coefficient (Wildman–Crippen LogP) is 4.75. The van der Waals surface area contributed by atoms with E-state index in [0.29, 0.717) is 12.5 Å². The minimum atomic E-state index is -0.0107. The van der Waals surface area contributed by atoms with Gasteiger partial charge in [-0.05, 0) is 56.0 Å². The standard InChI is InChI=1S/C24H26N4O.2ClH/c1-15-10-16(2)23-19(11-15)20(12-21(27-23)17-5-6-17)24(29)28-9-8-26-14-22(28)18-4-3-7-25-13-18;;/h3-4,7,10-13,17,22,26H,5-6,8-9,14H2,1-2H3;2*1H. The third-order valence-electron chi connectivity index (χ3n) is 6.07. The summed E-state index contributed by atoms with van der Waals surface area (Å²) in [6.07, 6.45) is 5.98. The van der Waals surface area contributed by atoms with Crippen molar-refractivity contribution in [3.05, 3.63) is 70.7 Å². The van der Waals surface area contributed by atoms with Crippen LogP contribution < -0.4 is 5.32 Å². The van der Waals surface area contributed by atoms with Crippen molar-refractivity contribution >= 4 is 41.6 Å². The first kappa shape index (κ1) is 23.5. The van der Waals surface area contributed by atoms with Crippen LogP contribution in [-0.4, -0.2) is 40.4 Å². The first-order chi connectivity index (χ1) is 14.1. The third-order valence-corrected chi connectivity index (χ3v) is 6.07. The van der Waals surface area contributed by atoms with E-state index in [0.717, 1.165) is 51.9 Å². The lowest BCUT2D eigenvalue weighted by atomic mass is 9.98. The molecule has 1 unspecified atom stereocenters. The Hall–Kier alpha value is -2.21. The van der Waals surface area contributed by atoms with Crippen LogP contribution in [0.5, 0.6) is 0 Å². The number of rotatable bonds is 3. The van der Waals surface area contributed by atoms with Gasteiger partial charge in [-0.25, -0.2) is 0 Å². The van der Waals surface area contributed by atoms with Gasteiger partial charge >= 0.3 is 0 Å². The molecule has 1 saturated carbocycles. The van der Waals surface area contributed by atoms with Gasteiger partial charge in [0.25, 0.3) is 5.91 Å². The number of hydrogen-bond donors (Lipinski definition) is 1. The smallest absolute Gasteiger partial charge is 0.255 e. The van der Waals surface area contributed by atoms with E-state index < -0.39 is 0 Å². The van der Waals surface area contributed by atoms with E-state index in [-0.39, 0.29) is 36.8 Å². The van der Waals surface area contributed by atoms with Crippen molar-refractivity contribution in [3.8, 4) is 0 Å². The monoisotopic (exact) mass is 458 g/mol. The summed E-state index contributed by atoms with van der Waals surface area (Å²) in [5.74, 6) is 0.600. The highest BCUT2D eigenvalue weighted by atomic mass is 35.5. The molecule has 3 aromatic rings. The molecule has 0 spiro atoms. The van der Waals surface area contributed by atoms with Gasteiger partial charge in [0.2, 0.25) is 0 Å². The van der Waals surface area contributed by atoms with E-state index in [2.05, 4.69) is 48.4 Å². The molecule has 2 aliphatic rings. The van der Waals surface area contributed by atoms with Crippen molar-refractivity contribution in [1.29, 1.82) is 0 Å². The zero-order valence-corrected chi connectivity index (χ0v) is 19.4. The Morgan fingerprint density at radius 1 is 1.16 bits per heavy atom. The summed E-state index contributed by atoms with van der Waals surface area (Å²) in [5.41, 5.74) is 6.20. The second-order valence-corrected chi connectivity index (χ2v) is 8.35. The number of aryl methyl sites for hydroxylation is 2. The quantitative estimate of drug-likeness (QED) is 0.614. The minimum absolute atomic E-state index is 0. The molecule has 1 aromatic carbocycles. The molecule has 2 aromatic heterocycles. The number of pyridine rings is 2. The van der Waals surface area contributed by atoms with E-state index in [9.17, 15) is 4.79 Å². The SMILES string of the molecule is Cc1cc(C)c2nc(C3CC3)cc(C(=O)N3CCNCC3c3cccnc3)c2c1.Cl.Cl. The topological polar surface area (TPSA) is 58.1 Å². The summed E-state index contributed by atoms with van der Waals surface area (Å²) < 4.78 is 0. The summed E-state index contributed by atoms with van der Waals surface area (Å²) >= 11 is 0. The number of hydrogen-bond acceptors (Lipinski definition) is 4. The molecular weight excluding hydrogens is 431 g/mol. The Balaban J connectivity index is 0.00000136. The summed E-state index contributed by atoms with van der Waals surface area (Å²) in [7, 11) is 0. The molecule has 164 valence electrons. The Labute approximate surface area is 195 Å². The number of fused-ring (bicyclic) bond motifs is 1. The maximum atomic E-state index is 13.9. The van der Waals surface area contributed by atoms with E-state index in [1.165, 1.54) is 12.8 Å². The van der Waals surface area contributed by atoms with Crippen LogP contribution in [0.2, 0.25) is 0 Å². The van der Waals surface area contributed by atoms with Gasteiger partial charge in [0, 0.05) is 49.0 Å². The molecule has 7 heteroatoms. The number of benzene rings is 1. The number of aromatic nitrogens is 2. The average molecular weight is 459 g/mol. The van der Waals surface area contributed by atoms with Gasteiger partial charge in [0.1, 0.15) is 0 Å². The Morgan fingerprint density at radius 3 is 2.68 bits per heavy atom. The Kier molecular flexibility index (Phi) is 7.20. The van der Waals surface area contributed by atoms with Gasteiger partial charge in [-0.1, -0.05) is 17.7 Å². The molecule has 2 fully saturated rings. The number of piperazine rings is 1. The number of amides is 1. The number of nitrogens with zero attached hydrogens (tertiary/aromatic N) is 3. The van der Waals surface area contributed by atoms with Crippen LogP contribution >= 0.6 is 24.8 Å². The second-order valence-electron chi connectivity index (χ2n) is 8.35. The van der Waals surface area contributed by atoms with Crippen LogP contribution in [-0.2, 0) is 0 Å². The number of nitrogens with one attached hydrogen (secondary N) is 1. The van der Waals surface area contributed by atoms with Crippen molar-refractivity contribution in [2.75, 3.05) is 19.6 Å². The molecule has 1 N–H and O–H groups in total. The maximum Gasteiger partial charge on any atom is 0.255 e. The fourth-order valence-corrected chi connectivity index (χ4v) is 4.44. The van der Waals surface area contributed by atoms with Crippen LogP contribution in [0.15, 0.2) is 42.7 Å². The highest BCUT2D eigenvalue weighted by molar-refractivity contribution is 6.07. The van der Waals surface area contributed by atoms with Crippen LogP contribution in [0.4, 0.5) is 0 Å². The molecule has 3 heterocycles. The fraction of sp³-hybridized carbons (Fsp3) is 0.375. The lowest BCUT2D eigenvalue weighted by Crippen LogP contribution is -2.48. The predicted molar refractivity (Wildman–Crippen MR) is 129 cm³/mol. The van der Waals surface area contributed by atoms with Crippen molar-refractivity contribution in [1.82, 2.24) is 20.2 Å². The zero-order valence-electron chi connectivity index (χ0n) is 17.8. The lowest BCUT2D eigenvalue weighted by molar-refractivity contribution is 0.0636. The molecule has 1 amide bonds. The van der Waals surface area contributed by atoms with E-state index in [1.54, 1.807) is 6.20 Å². The Morgan fingerprint density at radius 2 is 1.97 bits per heavy atom. The van der Waals surface area contributed by atoms with Gasteiger partial charge in [0.05, 0.1) is 17.1 Å². The zero-order chi connectivity index (χ0) is 20.0. The van der Waals surface area contributed by atoms with E-state index in [4.69, 9.17) is 4.98 Å². The van der Waals surface area contributed by atoms with Crippen molar-refractivity contribution in [3.63, 3.8) is 0 Å². The van der Waals surface area contributed by atoms with Gasteiger partial charge in [-0.2, -0.15) is 0 Å². The molecule has 1 atom stereocenters. The molecule has 31 heavy (non-hydrogen) atoms. The molecule has 5 rings (SSSR count). The van der Waals surface area contributed by atoms with Gasteiger partial charge in [-0.15, -0.1) is 24.8 Å². The molecular formula is C24H28Cl2N4O. The van der Waals surface area contributed by atoms with Crippen molar-refractivity contribution in [2.24, 2.45) is 0 Å². The lowest BCUT2D eigenvalue weighted by Gasteiger charge is -2.36. The Bertz CT molecular complexity index is 1090. The molecule has 5 nitrogen and oxygen atoms in total. The van der Waals surface area contributed by atoms with Crippen molar-refractivity contribution in [2.45, 2.75) is 38.6 Å². The molecule has 0 radical (unpaired) electrons. The molecule has 0 bridgehead atoms. The molecule has 1 aliphatic heterocycles. The summed E-state index contributed by atoms with van der Waals surface area (Å²) in [5, 5.41) is 4.40. The van der Waals surface area contributed by atoms with Crippen LogP contribution in [0.3, 0.4) is 0 Å². The highest BCUT2D eigenvalue weighted by Gasteiger charge is 2.32. The first-order valence-electron chi connectivity index (χ1n) is 10.5. The summed E-state index contributed by atoms with van der Waals surface area (Å²) in [6.45, 7) is 6.41. The van der Waals surface area contributed by atoms with Crippen LogP contribution in [0, 0.1) is 13.8 Å².